The van der Waals surface area contributed by atoms with E-state index >= 15 is 0 Å². The zero-order chi connectivity index (χ0) is 26.8. The summed E-state index contributed by atoms with van der Waals surface area (Å²) in [6.45, 7) is 6.49. The lowest BCUT2D eigenvalue weighted by Crippen LogP contribution is -2.17. The van der Waals surface area contributed by atoms with Gasteiger partial charge < -0.3 is 18.9 Å². The first-order valence-corrected chi connectivity index (χ1v) is 13.0. The van der Waals surface area contributed by atoms with Crippen molar-refractivity contribution in [3.8, 4) is 23.0 Å². The van der Waals surface area contributed by atoms with Gasteiger partial charge in [0.15, 0.2) is 23.0 Å². The van der Waals surface area contributed by atoms with E-state index in [0.717, 1.165) is 9.13 Å². The van der Waals surface area contributed by atoms with Crippen molar-refractivity contribution < 1.29 is 23.7 Å². The third-order valence-corrected chi connectivity index (χ3v) is 6.27. The van der Waals surface area contributed by atoms with Crippen molar-refractivity contribution in [1.29, 1.82) is 0 Å². The number of carbonyl (C=O) groups excluding carboxylic acids is 1. The maximum atomic E-state index is 12.6. The Hall–Kier alpha value is -2.95. The van der Waals surface area contributed by atoms with Crippen molar-refractivity contribution in [2.75, 3.05) is 20.3 Å². The Bertz CT molecular complexity index is 1300. The van der Waals surface area contributed by atoms with E-state index in [2.05, 4.69) is 39.7 Å². The lowest BCUT2D eigenvalue weighted by Gasteiger charge is -2.14. The molecule has 0 radical (unpaired) electrons. The molecule has 194 valence electrons. The van der Waals surface area contributed by atoms with Crippen LogP contribution in [0.25, 0.3) is 0 Å². The Balaban J connectivity index is 1.69. The minimum Gasteiger partial charge on any atom is -0.493 e. The van der Waals surface area contributed by atoms with Gasteiger partial charge in [-0.1, -0.05) is 41.9 Å². The van der Waals surface area contributed by atoms with Crippen LogP contribution in [-0.2, 0) is 6.61 Å². The molecule has 3 aromatic rings. The highest BCUT2D eigenvalue weighted by Gasteiger charge is 2.14. The second-order valence-electron chi connectivity index (χ2n) is 7.45. The number of hydrogen-bond donors (Lipinski definition) is 1. The second kappa shape index (κ2) is 14.1. The van der Waals surface area contributed by atoms with Gasteiger partial charge in [-0.15, -0.1) is 0 Å². The van der Waals surface area contributed by atoms with Crippen molar-refractivity contribution in [2.24, 2.45) is 5.10 Å². The summed E-state index contributed by atoms with van der Waals surface area (Å²) in [5.41, 5.74) is 4.41. The van der Waals surface area contributed by atoms with Crippen LogP contribution in [0.4, 0.5) is 0 Å². The topological polar surface area (TPSA) is 78.4 Å². The molecular formula is C27H25Cl2IN2O5. The van der Waals surface area contributed by atoms with E-state index in [0.29, 0.717) is 57.4 Å². The van der Waals surface area contributed by atoms with Crippen LogP contribution in [0.15, 0.2) is 66.3 Å². The van der Waals surface area contributed by atoms with Crippen molar-refractivity contribution >= 4 is 57.9 Å². The first kappa shape index (κ1) is 28.6. The minimum absolute atomic E-state index is 0.243. The van der Waals surface area contributed by atoms with Crippen molar-refractivity contribution in [1.82, 2.24) is 5.43 Å². The molecule has 0 atom stereocenters. The number of nitrogens with one attached hydrogen (secondary N) is 1. The molecule has 1 amide bonds. The lowest BCUT2D eigenvalue weighted by atomic mass is 10.2. The van der Waals surface area contributed by atoms with Crippen LogP contribution in [-0.4, -0.2) is 32.4 Å². The molecule has 0 spiro atoms. The first-order valence-electron chi connectivity index (χ1n) is 11.1. The SMILES string of the molecule is C=CCOc1ccc(C(=O)N/N=C/c2cc(I)c(OCc3ccc(Cl)cc3Cl)c(OC)c2)cc1OCC. The van der Waals surface area contributed by atoms with E-state index in [9.17, 15) is 4.79 Å². The zero-order valence-electron chi connectivity index (χ0n) is 20.2. The van der Waals surface area contributed by atoms with Gasteiger partial charge in [-0.25, -0.2) is 5.43 Å². The van der Waals surface area contributed by atoms with Gasteiger partial charge >= 0.3 is 0 Å². The molecule has 37 heavy (non-hydrogen) atoms. The molecule has 0 heterocycles. The number of hydrogen-bond acceptors (Lipinski definition) is 6. The van der Waals surface area contributed by atoms with Gasteiger partial charge in [0.25, 0.3) is 5.91 Å². The number of halogens is 3. The van der Waals surface area contributed by atoms with Gasteiger partial charge in [-0.2, -0.15) is 5.10 Å². The summed E-state index contributed by atoms with van der Waals surface area (Å²) in [6, 6.07) is 13.8. The summed E-state index contributed by atoms with van der Waals surface area (Å²) in [5.74, 6) is 1.69. The van der Waals surface area contributed by atoms with Crippen LogP contribution in [0.2, 0.25) is 10.0 Å². The molecule has 1 N–H and O–H groups in total. The Morgan fingerprint density at radius 3 is 2.57 bits per heavy atom. The smallest absolute Gasteiger partial charge is 0.271 e. The number of carbonyl (C=O) groups is 1. The van der Waals surface area contributed by atoms with Crippen molar-refractivity contribution in [3.05, 3.63) is 91.5 Å². The van der Waals surface area contributed by atoms with E-state index < -0.39 is 5.91 Å². The Labute approximate surface area is 239 Å². The number of hydrazone groups is 1. The maximum absolute atomic E-state index is 12.6. The average Bonchev–Trinajstić information content (AvgIpc) is 2.88. The molecule has 0 aliphatic heterocycles. The van der Waals surface area contributed by atoms with Crippen molar-refractivity contribution in [3.63, 3.8) is 0 Å². The highest BCUT2D eigenvalue weighted by Crippen LogP contribution is 2.35. The number of rotatable bonds is 12. The lowest BCUT2D eigenvalue weighted by molar-refractivity contribution is 0.0954. The van der Waals surface area contributed by atoms with Gasteiger partial charge in [-0.05, 0) is 77.5 Å². The highest BCUT2D eigenvalue weighted by atomic mass is 127. The molecule has 10 heteroatoms. The van der Waals surface area contributed by atoms with E-state index in [-0.39, 0.29) is 6.61 Å². The molecule has 0 bridgehead atoms. The number of nitrogens with zero attached hydrogens (tertiary/aromatic N) is 1. The summed E-state index contributed by atoms with van der Waals surface area (Å²) in [6.07, 6.45) is 3.16. The van der Waals surface area contributed by atoms with Crippen LogP contribution in [0.1, 0.15) is 28.4 Å². The largest absolute Gasteiger partial charge is 0.493 e. The van der Waals surface area contributed by atoms with Gasteiger partial charge in [0.05, 0.1) is 23.5 Å². The Morgan fingerprint density at radius 1 is 1.05 bits per heavy atom. The van der Waals surface area contributed by atoms with Gasteiger partial charge in [-0.3, -0.25) is 4.79 Å². The van der Waals surface area contributed by atoms with E-state index in [1.165, 1.54) is 6.21 Å². The normalized spacial score (nSPS) is 10.7. The quantitative estimate of drug-likeness (QED) is 0.0994. The molecule has 0 aromatic heterocycles. The Kier molecular flexibility index (Phi) is 10.9. The molecule has 0 fully saturated rings. The molecule has 0 aliphatic carbocycles. The summed E-state index contributed by atoms with van der Waals surface area (Å²) < 4.78 is 23.5. The fourth-order valence-electron chi connectivity index (χ4n) is 3.16. The fraction of sp³-hybridized carbons (Fsp3) is 0.185. The van der Waals surface area contributed by atoms with Gasteiger partial charge in [0, 0.05) is 21.2 Å². The first-order chi connectivity index (χ1) is 17.9. The van der Waals surface area contributed by atoms with Gasteiger partial charge in [0.2, 0.25) is 0 Å². The summed E-state index contributed by atoms with van der Waals surface area (Å²) in [4.78, 5) is 12.6. The summed E-state index contributed by atoms with van der Waals surface area (Å²) >= 11 is 14.4. The van der Waals surface area contributed by atoms with Crippen LogP contribution in [0.5, 0.6) is 23.0 Å². The van der Waals surface area contributed by atoms with Gasteiger partial charge in [0.1, 0.15) is 13.2 Å². The van der Waals surface area contributed by atoms with Crippen LogP contribution < -0.4 is 24.4 Å². The fourth-order valence-corrected chi connectivity index (χ4v) is 4.40. The molecule has 0 unspecified atom stereocenters. The van der Waals surface area contributed by atoms with E-state index in [1.54, 1.807) is 49.6 Å². The standard InChI is InChI=1S/C27H25Cl2IN2O5/c1-4-10-36-23-9-7-18(13-24(23)35-5-2)27(33)32-31-15-17-11-22(30)26(25(12-17)34-3)37-16-19-6-8-20(28)14-21(19)29/h4,6-9,11-15H,1,5,10,16H2,2-3H3,(H,32,33)/b31-15+. The van der Waals surface area contributed by atoms with E-state index in [4.69, 9.17) is 42.1 Å². The minimum atomic E-state index is -0.395. The summed E-state index contributed by atoms with van der Waals surface area (Å²) in [5, 5.41) is 5.16. The predicted molar refractivity (Wildman–Crippen MR) is 155 cm³/mol. The average molecular weight is 655 g/mol. The maximum Gasteiger partial charge on any atom is 0.271 e. The number of benzene rings is 3. The summed E-state index contributed by atoms with van der Waals surface area (Å²) in [7, 11) is 1.55. The monoisotopic (exact) mass is 654 g/mol. The molecule has 0 saturated carbocycles. The van der Waals surface area contributed by atoms with E-state index in [1.807, 2.05) is 19.1 Å². The highest BCUT2D eigenvalue weighted by molar-refractivity contribution is 14.1. The second-order valence-corrected chi connectivity index (χ2v) is 9.46. The molecule has 3 rings (SSSR count). The molecular weight excluding hydrogens is 630 g/mol. The number of methoxy groups -OCH3 is 1. The third-order valence-electron chi connectivity index (χ3n) is 4.88. The molecule has 3 aromatic carbocycles. The zero-order valence-corrected chi connectivity index (χ0v) is 23.9. The molecule has 0 saturated heterocycles. The number of ether oxygens (including phenoxy) is 4. The molecule has 7 nitrogen and oxygen atoms in total. The van der Waals surface area contributed by atoms with Crippen LogP contribution in [0.3, 0.4) is 0 Å². The van der Waals surface area contributed by atoms with Crippen LogP contribution >= 0.6 is 45.8 Å². The van der Waals surface area contributed by atoms with Crippen molar-refractivity contribution in [2.45, 2.75) is 13.5 Å². The number of amides is 1. The predicted octanol–water partition coefficient (Wildman–Crippen LogP) is 6.91. The van der Waals surface area contributed by atoms with Crippen LogP contribution in [0, 0.1) is 3.57 Å². The Morgan fingerprint density at radius 2 is 1.86 bits per heavy atom. The molecule has 0 aliphatic rings. The third kappa shape index (κ3) is 8.02.